The van der Waals surface area contributed by atoms with Gasteiger partial charge in [-0.25, -0.2) is 4.39 Å². The summed E-state index contributed by atoms with van der Waals surface area (Å²) in [6, 6.07) is 7.10. The summed E-state index contributed by atoms with van der Waals surface area (Å²) >= 11 is 0. The molecule has 0 radical (unpaired) electrons. The summed E-state index contributed by atoms with van der Waals surface area (Å²) in [5.74, 6) is 0.501. The molecule has 2 atom stereocenters. The molecule has 1 aromatic rings. The summed E-state index contributed by atoms with van der Waals surface area (Å²) in [6.45, 7) is 5.02. The van der Waals surface area contributed by atoms with Crippen molar-refractivity contribution in [3.63, 3.8) is 0 Å². The van der Waals surface area contributed by atoms with Gasteiger partial charge in [-0.3, -0.25) is 0 Å². The molecule has 1 saturated heterocycles. The van der Waals surface area contributed by atoms with Gasteiger partial charge in [0.25, 0.3) is 0 Å². The standard InChI is InChI=1S/C15H23FN2O/c1-12-11-14(17)7-9-18(12)8-2-10-19-15-5-3-13(16)4-6-15/h3-6,12,14H,2,7-11,17H2,1H3. The molecular weight excluding hydrogens is 243 g/mol. The van der Waals surface area contributed by atoms with Gasteiger partial charge < -0.3 is 15.4 Å². The van der Waals surface area contributed by atoms with Crippen LogP contribution in [0.15, 0.2) is 24.3 Å². The van der Waals surface area contributed by atoms with Crippen LogP contribution in [0.1, 0.15) is 26.2 Å². The number of hydrogen-bond donors (Lipinski definition) is 1. The highest BCUT2D eigenvalue weighted by Gasteiger charge is 2.22. The fraction of sp³-hybridized carbons (Fsp3) is 0.600. The molecule has 2 unspecified atom stereocenters. The summed E-state index contributed by atoms with van der Waals surface area (Å²) in [5.41, 5.74) is 5.95. The van der Waals surface area contributed by atoms with E-state index in [0.717, 1.165) is 38.1 Å². The van der Waals surface area contributed by atoms with Gasteiger partial charge in [0, 0.05) is 18.6 Å². The Morgan fingerprint density at radius 3 is 2.79 bits per heavy atom. The lowest BCUT2D eigenvalue weighted by molar-refractivity contribution is 0.137. The molecule has 19 heavy (non-hydrogen) atoms. The van der Waals surface area contributed by atoms with E-state index in [-0.39, 0.29) is 5.82 Å². The molecule has 4 heteroatoms. The average molecular weight is 266 g/mol. The Morgan fingerprint density at radius 2 is 2.11 bits per heavy atom. The maximum atomic E-state index is 12.7. The summed E-state index contributed by atoms with van der Waals surface area (Å²) in [5, 5.41) is 0. The third-order valence-corrected chi connectivity index (χ3v) is 3.73. The SMILES string of the molecule is CC1CC(N)CCN1CCCOc1ccc(F)cc1. The second-order valence-corrected chi connectivity index (χ2v) is 5.33. The van der Waals surface area contributed by atoms with E-state index < -0.39 is 0 Å². The fourth-order valence-electron chi connectivity index (χ4n) is 2.58. The molecule has 0 amide bonds. The first-order chi connectivity index (χ1) is 9.15. The van der Waals surface area contributed by atoms with E-state index in [1.807, 2.05) is 0 Å². The van der Waals surface area contributed by atoms with E-state index in [0.29, 0.717) is 18.7 Å². The summed E-state index contributed by atoms with van der Waals surface area (Å²) < 4.78 is 18.3. The van der Waals surface area contributed by atoms with Crippen LogP contribution in [-0.2, 0) is 0 Å². The van der Waals surface area contributed by atoms with Crippen LogP contribution >= 0.6 is 0 Å². The van der Waals surface area contributed by atoms with Crippen LogP contribution in [0, 0.1) is 5.82 Å². The smallest absolute Gasteiger partial charge is 0.123 e. The number of piperidine rings is 1. The number of halogens is 1. The number of hydrogen-bond acceptors (Lipinski definition) is 3. The zero-order valence-electron chi connectivity index (χ0n) is 11.5. The number of ether oxygens (including phenoxy) is 1. The molecule has 1 heterocycles. The van der Waals surface area contributed by atoms with Gasteiger partial charge in [0.2, 0.25) is 0 Å². The molecule has 1 fully saturated rings. The van der Waals surface area contributed by atoms with Crippen molar-refractivity contribution in [2.24, 2.45) is 5.73 Å². The maximum absolute atomic E-state index is 12.7. The molecule has 0 aromatic heterocycles. The molecule has 0 aliphatic carbocycles. The van der Waals surface area contributed by atoms with Gasteiger partial charge in [0.15, 0.2) is 0 Å². The zero-order chi connectivity index (χ0) is 13.7. The lowest BCUT2D eigenvalue weighted by atomic mass is 9.99. The van der Waals surface area contributed by atoms with E-state index in [2.05, 4.69) is 11.8 Å². The van der Waals surface area contributed by atoms with Crippen molar-refractivity contribution < 1.29 is 9.13 Å². The van der Waals surface area contributed by atoms with E-state index in [9.17, 15) is 4.39 Å². The van der Waals surface area contributed by atoms with Gasteiger partial charge in [-0.1, -0.05) is 0 Å². The largest absolute Gasteiger partial charge is 0.494 e. The summed E-state index contributed by atoms with van der Waals surface area (Å²) in [7, 11) is 0. The van der Waals surface area contributed by atoms with Crippen LogP contribution in [0.3, 0.4) is 0 Å². The number of rotatable bonds is 5. The Kier molecular flexibility index (Phi) is 5.16. The van der Waals surface area contributed by atoms with Crippen LogP contribution in [0.4, 0.5) is 4.39 Å². The molecule has 0 saturated carbocycles. The molecule has 2 rings (SSSR count). The molecule has 106 valence electrons. The minimum absolute atomic E-state index is 0.231. The van der Waals surface area contributed by atoms with Crippen LogP contribution in [-0.4, -0.2) is 36.7 Å². The molecule has 0 spiro atoms. The Hall–Kier alpha value is -1.13. The Morgan fingerprint density at radius 1 is 1.37 bits per heavy atom. The van der Waals surface area contributed by atoms with E-state index in [1.165, 1.54) is 12.1 Å². The lowest BCUT2D eigenvalue weighted by Gasteiger charge is -2.36. The monoisotopic (exact) mass is 266 g/mol. The second kappa shape index (κ2) is 6.87. The molecule has 1 aromatic carbocycles. The van der Waals surface area contributed by atoms with Crippen LogP contribution < -0.4 is 10.5 Å². The van der Waals surface area contributed by atoms with Gasteiger partial charge in [0.05, 0.1) is 6.61 Å². The predicted octanol–water partition coefficient (Wildman–Crippen LogP) is 2.41. The minimum Gasteiger partial charge on any atom is -0.494 e. The molecule has 0 bridgehead atoms. The van der Waals surface area contributed by atoms with Crippen molar-refractivity contribution in [3.05, 3.63) is 30.1 Å². The molecular formula is C15H23FN2O. The highest BCUT2D eigenvalue weighted by molar-refractivity contribution is 5.21. The van der Waals surface area contributed by atoms with Crippen molar-refractivity contribution in [1.82, 2.24) is 4.90 Å². The van der Waals surface area contributed by atoms with Crippen LogP contribution in [0.2, 0.25) is 0 Å². The Balaban J connectivity index is 1.65. The molecule has 2 N–H and O–H groups in total. The quantitative estimate of drug-likeness (QED) is 0.832. The Labute approximate surface area is 114 Å². The first-order valence-corrected chi connectivity index (χ1v) is 7.03. The van der Waals surface area contributed by atoms with Gasteiger partial charge in [-0.15, -0.1) is 0 Å². The van der Waals surface area contributed by atoms with Crippen molar-refractivity contribution in [3.8, 4) is 5.75 Å². The van der Waals surface area contributed by atoms with E-state index in [1.54, 1.807) is 12.1 Å². The fourth-order valence-corrected chi connectivity index (χ4v) is 2.58. The number of nitrogens with zero attached hydrogens (tertiary/aromatic N) is 1. The van der Waals surface area contributed by atoms with Crippen molar-refractivity contribution >= 4 is 0 Å². The minimum atomic E-state index is -0.231. The van der Waals surface area contributed by atoms with E-state index >= 15 is 0 Å². The highest BCUT2D eigenvalue weighted by atomic mass is 19.1. The van der Waals surface area contributed by atoms with Gasteiger partial charge >= 0.3 is 0 Å². The molecule has 3 nitrogen and oxygen atoms in total. The number of nitrogens with two attached hydrogens (primary N) is 1. The van der Waals surface area contributed by atoms with Gasteiger partial charge in [-0.05, 0) is 57.0 Å². The highest BCUT2D eigenvalue weighted by Crippen LogP contribution is 2.16. The van der Waals surface area contributed by atoms with E-state index in [4.69, 9.17) is 10.5 Å². The lowest BCUT2D eigenvalue weighted by Crippen LogP contribution is -2.46. The van der Waals surface area contributed by atoms with Crippen LogP contribution in [0.5, 0.6) is 5.75 Å². The third kappa shape index (κ3) is 4.48. The average Bonchev–Trinajstić information content (AvgIpc) is 2.39. The van der Waals surface area contributed by atoms with Crippen LogP contribution in [0.25, 0.3) is 0 Å². The van der Waals surface area contributed by atoms with Crippen molar-refractivity contribution in [2.75, 3.05) is 19.7 Å². The third-order valence-electron chi connectivity index (χ3n) is 3.73. The van der Waals surface area contributed by atoms with Crippen molar-refractivity contribution in [1.29, 1.82) is 0 Å². The number of likely N-dealkylation sites (tertiary alicyclic amines) is 1. The maximum Gasteiger partial charge on any atom is 0.123 e. The number of benzene rings is 1. The normalized spacial score (nSPS) is 24.4. The predicted molar refractivity (Wildman–Crippen MR) is 74.8 cm³/mol. The second-order valence-electron chi connectivity index (χ2n) is 5.33. The first kappa shape index (κ1) is 14.3. The summed E-state index contributed by atoms with van der Waals surface area (Å²) in [6.07, 6.45) is 3.15. The zero-order valence-corrected chi connectivity index (χ0v) is 11.5. The van der Waals surface area contributed by atoms with Crippen molar-refractivity contribution in [2.45, 2.75) is 38.3 Å². The summed E-state index contributed by atoms with van der Waals surface area (Å²) in [4.78, 5) is 2.47. The topological polar surface area (TPSA) is 38.5 Å². The van der Waals surface area contributed by atoms with Gasteiger partial charge in [0.1, 0.15) is 11.6 Å². The first-order valence-electron chi connectivity index (χ1n) is 7.03. The molecule has 1 aliphatic heterocycles. The Bertz CT molecular complexity index is 382. The van der Waals surface area contributed by atoms with Gasteiger partial charge in [-0.2, -0.15) is 0 Å². The molecule has 1 aliphatic rings.